The number of amides is 3. The van der Waals surface area contributed by atoms with Gasteiger partial charge < -0.3 is 20.6 Å². The molecule has 4 N–H and O–H groups in total. The maximum Gasteiger partial charge on any atom is 0.267 e. The summed E-state index contributed by atoms with van der Waals surface area (Å²) in [5, 5.41) is 16.7. The van der Waals surface area contributed by atoms with E-state index in [1.54, 1.807) is 67.6 Å². The zero-order valence-electron chi connectivity index (χ0n) is 22.1. The summed E-state index contributed by atoms with van der Waals surface area (Å²) >= 11 is 5.56. The molecule has 1 aliphatic heterocycles. The van der Waals surface area contributed by atoms with E-state index < -0.39 is 60.7 Å². The van der Waals surface area contributed by atoms with Crippen LogP contribution in [0.25, 0.3) is 0 Å². The fourth-order valence-electron chi connectivity index (χ4n) is 5.38. The van der Waals surface area contributed by atoms with Crippen LogP contribution in [0.4, 0.5) is 14.5 Å². The lowest BCUT2D eigenvalue weighted by Gasteiger charge is -2.30. The first-order chi connectivity index (χ1) is 19.6. The predicted octanol–water partition coefficient (Wildman–Crippen LogP) is 3.72. The molecule has 2 aliphatic rings. The number of carbonyl (C=O) groups excluding carboxylic acids is 3. The Morgan fingerprint density at radius 1 is 1.02 bits per heavy atom. The molecule has 1 fully saturated rings. The summed E-state index contributed by atoms with van der Waals surface area (Å²) < 4.78 is 29.2. The van der Waals surface area contributed by atoms with E-state index in [9.17, 15) is 28.3 Å². The molecule has 214 valence electrons. The van der Waals surface area contributed by atoms with E-state index in [0.717, 1.165) is 16.0 Å². The maximum atomic E-state index is 14.6. The lowest BCUT2D eigenvalue weighted by atomic mass is 9.99. The van der Waals surface area contributed by atoms with Crippen LogP contribution in [0.2, 0.25) is 0 Å². The second-order valence-corrected chi connectivity index (χ2v) is 10.6. The summed E-state index contributed by atoms with van der Waals surface area (Å²) in [4.78, 5) is 43.0. The van der Waals surface area contributed by atoms with Crippen LogP contribution in [0.3, 0.4) is 0 Å². The summed E-state index contributed by atoms with van der Waals surface area (Å²) in [6, 6.07) is 18.3. The summed E-state index contributed by atoms with van der Waals surface area (Å²) in [7, 11) is 0. The minimum atomic E-state index is -3.33. The second-order valence-electron chi connectivity index (χ2n) is 10.4. The molecule has 3 amide bonds. The summed E-state index contributed by atoms with van der Waals surface area (Å²) in [5.74, 6) is -6.12. The molecule has 0 saturated carbocycles. The van der Waals surface area contributed by atoms with Crippen molar-refractivity contribution in [3.63, 3.8) is 0 Å². The van der Waals surface area contributed by atoms with E-state index in [1.807, 2.05) is 12.1 Å². The van der Waals surface area contributed by atoms with Crippen molar-refractivity contribution < 1.29 is 28.3 Å². The van der Waals surface area contributed by atoms with Crippen LogP contribution < -0.4 is 15.5 Å². The zero-order valence-corrected chi connectivity index (χ0v) is 22.9. The zero-order chi connectivity index (χ0) is 29.3. The quantitative estimate of drug-likeness (QED) is 0.288. The van der Waals surface area contributed by atoms with E-state index in [-0.39, 0.29) is 6.54 Å². The average Bonchev–Trinajstić information content (AvgIpc) is 3.60. The third-order valence-electron chi connectivity index (χ3n) is 7.61. The van der Waals surface area contributed by atoms with Gasteiger partial charge in [-0.25, -0.2) is 8.78 Å². The minimum absolute atomic E-state index is 0.0422. The lowest BCUT2D eigenvalue weighted by molar-refractivity contribution is -0.147. The third kappa shape index (κ3) is 6.03. The SMILES string of the molecule is Cc1ccccc1C(=O)N[C@@H](C1c2ccccc21)[C@H](O)C(=O)N1CC(F)(F)C[C@H]1C(=O)NCc1ccc(NCl)cc1. The average molecular weight is 583 g/mol. The number of likely N-dealkylation sites (tertiary alicyclic amines) is 1. The van der Waals surface area contributed by atoms with Crippen molar-refractivity contribution in [2.45, 2.75) is 49.9 Å². The predicted molar refractivity (Wildman–Crippen MR) is 150 cm³/mol. The van der Waals surface area contributed by atoms with E-state index in [1.165, 1.54) is 0 Å². The van der Waals surface area contributed by atoms with Gasteiger partial charge in [0.05, 0.1) is 12.6 Å². The van der Waals surface area contributed by atoms with Gasteiger partial charge in [-0.3, -0.25) is 19.2 Å². The van der Waals surface area contributed by atoms with Gasteiger partial charge >= 0.3 is 0 Å². The molecule has 3 atom stereocenters. The van der Waals surface area contributed by atoms with Gasteiger partial charge in [-0.2, -0.15) is 0 Å². The highest BCUT2D eigenvalue weighted by atomic mass is 35.5. The number of anilines is 1. The third-order valence-corrected chi connectivity index (χ3v) is 7.83. The van der Waals surface area contributed by atoms with Crippen molar-refractivity contribution in [3.05, 3.63) is 101 Å². The number of carbonyl (C=O) groups is 3. The van der Waals surface area contributed by atoms with Gasteiger partial charge in [-0.1, -0.05) is 54.6 Å². The van der Waals surface area contributed by atoms with Crippen molar-refractivity contribution in [3.8, 4) is 0 Å². The van der Waals surface area contributed by atoms with Gasteiger partial charge in [0.2, 0.25) is 5.91 Å². The summed E-state index contributed by atoms with van der Waals surface area (Å²) in [6.07, 6.45) is -2.75. The number of nitrogens with zero attached hydrogens (tertiary/aromatic N) is 1. The number of nitrogens with one attached hydrogen (secondary N) is 3. The molecule has 3 aromatic rings. The highest BCUT2D eigenvalue weighted by molar-refractivity contribution is 6.23. The Kier molecular flexibility index (Phi) is 7.97. The number of aliphatic hydroxyl groups excluding tert-OH is 1. The van der Waals surface area contributed by atoms with Gasteiger partial charge in [0.25, 0.3) is 17.7 Å². The highest BCUT2D eigenvalue weighted by Gasteiger charge is 2.53. The summed E-state index contributed by atoms with van der Waals surface area (Å²) in [5.41, 5.74) is 4.08. The van der Waals surface area contributed by atoms with Crippen LogP contribution in [0.15, 0.2) is 72.8 Å². The van der Waals surface area contributed by atoms with Gasteiger partial charge in [-0.05, 0) is 47.4 Å². The standard InChI is InChI=1S/C30H29ClF2N4O4/c1-17-6-2-3-7-20(17)27(39)35-25(24-21-8-4-5-9-22(21)24)26(38)29(41)37-16-30(32,33)14-23(37)28(40)34-15-18-10-12-19(36-31)13-11-18/h2-13,23-26,36,38H,14-16H2,1H3,(H,34,40)(H,35,39)/t23-,25-,26-/m0/s1. The fraction of sp³-hybridized carbons (Fsp3) is 0.300. The van der Waals surface area contributed by atoms with Gasteiger partial charge in [0.15, 0.2) is 6.10 Å². The Bertz CT molecular complexity index is 1450. The molecule has 11 heteroatoms. The Balaban J connectivity index is 1.34. The van der Waals surface area contributed by atoms with Crippen molar-refractivity contribution in [2.24, 2.45) is 0 Å². The van der Waals surface area contributed by atoms with Crippen molar-refractivity contribution in [1.29, 1.82) is 0 Å². The topological polar surface area (TPSA) is 111 Å². The Hall–Kier alpha value is -4.02. The van der Waals surface area contributed by atoms with Crippen LogP contribution in [0.5, 0.6) is 0 Å². The van der Waals surface area contributed by atoms with Crippen LogP contribution >= 0.6 is 11.8 Å². The van der Waals surface area contributed by atoms with Gasteiger partial charge in [0.1, 0.15) is 6.04 Å². The highest BCUT2D eigenvalue weighted by Crippen LogP contribution is 2.47. The molecule has 5 rings (SSSR count). The van der Waals surface area contributed by atoms with E-state index in [4.69, 9.17) is 11.8 Å². The van der Waals surface area contributed by atoms with Crippen molar-refractivity contribution >= 4 is 35.2 Å². The number of rotatable bonds is 9. The molecule has 41 heavy (non-hydrogen) atoms. The Morgan fingerprint density at radius 2 is 1.66 bits per heavy atom. The van der Waals surface area contributed by atoms with Gasteiger partial charge in [0, 0.05) is 41.9 Å². The van der Waals surface area contributed by atoms with Crippen molar-refractivity contribution in [2.75, 3.05) is 11.4 Å². The molecule has 1 saturated heterocycles. The molecule has 8 nitrogen and oxygen atoms in total. The van der Waals surface area contributed by atoms with Crippen molar-refractivity contribution in [1.82, 2.24) is 15.5 Å². The van der Waals surface area contributed by atoms with E-state index >= 15 is 0 Å². The Morgan fingerprint density at radius 3 is 2.29 bits per heavy atom. The number of benzene rings is 3. The molecule has 0 unspecified atom stereocenters. The number of fused-ring (bicyclic) bond motifs is 1. The van der Waals surface area contributed by atoms with E-state index in [0.29, 0.717) is 22.4 Å². The fourth-order valence-corrected chi connectivity index (χ4v) is 5.51. The minimum Gasteiger partial charge on any atom is -0.381 e. The number of halogens is 3. The molecule has 0 spiro atoms. The lowest BCUT2D eigenvalue weighted by Crippen LogP contribution is -2.55. The van der Waals surface area contributed by atoms with Gasteiger partial charge in [-0.15, -0.1) is 0 Å². The molecule has 0 bridgehead atoms. The maximum absolute atomic E-state index is 14.6. The molecule has 1 heterocycles. The number of aryl methyl sites for hydroxylation is 1. The smallest absolute Gasteiger partial charge is 0.267 e. The monoisotopic (exact) mass is 582 g/mol. The normalized spacial score (nSPS) is 18.7. The number of hydrogen-bond donors (Lipinski definition) is 4. The molecular formula is C30H29ClF2N4O4. The van der Waals surface area contributed by atoms with Crippen LogP contribution in [-0.2, 0) is 16.1 Å². The largest absolute Gasteiger partial charge is 0.381 e. The molecule has 1 aliphatic carbocycles. The summed E-state index contributed by atoms with van der Waals surface area (Å²) in [6.45, 7) is 0.781. The van der Waals surface area contributed by atoms with Crippen LogP contribution in [0, 0.1) is 6.92 Å². The first-order valence-corrected chi connectivity index (χ1v) is 13.5. The molecule has 0 aromatic heterocycles. The first-order valence-electron chi connectivity index (χ1n) is 13.1. The number of aliphatic hydroxyl groups is 1. The molecule has 0 radical (unpaired) electrons. The molecule has 3 aromatic carbocycles. The van der Waals surface area contributed by atoms with Crippen LogP contribution in [-0.4, -0.2) is 58.4 Å². The number of hydrogen-bond acceptors (Lipinski definition) is 5. The van der Waals surface area contributed by atoms with Crippen LogP contribution in [0.1, 0.15) is 45.0 Å². The first kappa shape index (κ1) is 28.5. The Labute approximate surface area is 240 Å². The second kappa shape index (κ2) is 11.5. The van der Waals surface area contributed by atoms with E-state index in [2.05, 4.69) is 15.5 Å². The number of alkyl halides is 2. The molecular weight excluding hydrogens is 554 g/mol.